The van der Waals surface area contributed by atoms with Gasteiger partial charge in [0.1, 0.15) is 25.8 Å². The second kappa shape index (κ2) is 12.9. The Hall–Kier alpha value is -2.98. The van der Waals surface area contributed by atoms with Crippen LogP contribution in [0.2, 0.25) is 5.02 Å². The molecule has 1 aliphatic carbocycles. The number of halogens is 1. The summed E-state index contributed by atoms with van der Waals surface area (Å²) in [5, 5.41) is 3.59. The van der Waals surface area contributed by atoms with Crippen LogP contribution in [0, 0.1) is 0 Å². The van der Waals surface area contributed by atoms with Crippen LogP contribution in [-0.2, 0) is 26.2 Å². The van der Waals surface area contributed by atoms with Crippen LogP contribution >= 0.6 is 11.6 Å². The molecule has 2 aliphatic rings. The van der Waals surface area contributed by atoms with Gasteiger partial charge >= 0.3 is 0 Å². The number of fused-ring (bicyclic) bond motifs is 1. The zero-order valence-electron chi connectivity index (χ0n) is 22.4. The van der Waals surface area contributed by atoms with E-state index in [1.54, 1.807) is 36.4 Å². The summed E-state index contributed by atoms with van der Waals surface area (Å²) in [6.07, 6.45) is 6.49. The molecule has 0 bridgehead atoms. The summed E-state index contributed by atoms with van der Waals surface area (Å²) in [5.74, 6) is 0.164. The van der Waals surface area contributed by atoms with Gasteiger partial charge in [-0.25, -0.2) is 8.42 Å². The Balaban J connectivity index is 1.63. The van der Waals surface area contributed by atoms with Crippen molar-refractivity contribution in [3.8, 4) is 11.5 Å². The van der Waals surface area contributed by atoms with E-state index in [0.717, 1.165) is 42.7 Å². The molecule has 4 rings (SSSR count). The topological polar surface area (TPSA) is 105 Å². The summed E-state index contributed by atoms with van der Waals surface area (Å²) in [6.45, 7) is 2.16. The molecule has 0 aromatic heterocycles. The van der Waals surface area contributed by atoms with Crippen LogP contribution in [-0.4, -0.2) is 63.2 Å². The Morgan fingerprint density at radius 3 is 2.41 bits per heavy atom. The number of rotatable bonds is 10. The Morgan fingerprint density at radius 1 is 1.05 bits per heavy atom. The van der Waals surface area contributed by atoms with Crippen molar-refractivity contribution in [3.05, 3.63) is 53.1 Å². The van der Waals surface area contributed by atoms with Gasteiger partial charge < -0.3 is 19.7 Å². The van der Waals surface area contributed by atoms with E-state index in [-0.39, 0.29) is 24.2 Å². The van der Waals surface area contributed by atoms with E-state index in [9.17, 15) is 18.0 Å². The molecule has 212 valence electrons. The number of nitrogens with zero attached hydrogens (tertiary/aromatic N) is 2. The van der Waals surface area contributed by atoms with E-state index in [1.165, 1.54) is 4.90 Å². The lowest BCUT2D eigenvalue weighted by molar-refractivity contribution is -0.140. The van der Waals surface area contributed by atoms with E-state index in [4.69, 9.17) is 21.1 Å². The molecule has 1 saturated carbocycles. The molecular formula is C28H36ClN3O6S. The first-order valence-electron chi connectivity index (χ1n) is 13.4. The fourth-order valence-electron chi connectivity index (χ4n) is 5.07. The van der Waals surface area contributed by atoms with Crippen molar-refractivity contribution < 1.29 is 27.5 Å². The van der Waals surface area contributed by atoms with Gasteiger partial charge in [0, 0.05) is 23.7 Å². The lowest BCUT2D eigenvalue weighted by Crippen LogP contribution is -2.54. The molecule has 39 heavy (non-hydrogen) atoms. The van der Waals surface area contributed by atoms with Crippen molar-refractivity contribution in [2.24, 2.45) is 0 Å². The Kier molecular flexibility index (Phi) is 9.61. The Morgan fingerprint density at radius 2 is 1.74 bits per heavy atom. The molecule has 2 aromatic rings. The minimum Gasteiger partial charge on any atom is -0.486 e. The highest BCUT2D eigenvalue weighted by atomic mass is 35.5. The minimum atomic E-state index is -3.87. The van der Waals surface area contributed by atoms with Gasteiger partial charge in [-0.15, -0.1) is 0 Å². The van der Waals surface area contributed by atoms with Crippen LogP contribution in [0.25, 0.3) is 0 Å². The molecule has 0 spiro atoms. The minimum absolute atomic E-state index is 0.0633. The van der Waals surface area contributed by atoms with E-state index >= 15 is 0 Å². The maximum atomic E-state index is 13.9. The van der Waals surface area contributed by atoms with Gasteiger partial charge in [-0.1, -0.05) is 56.0 Å². The van der Waals surface area contributed by atoms with E-state index in [0.29, 0.717) is 41.7 Å². The van der Waals surface area contributed by atoms with Gasteiger partial charge in [-0.2, -0.15) is 0 Å². The molecule has 1 N–H and O–H groups in total. The lowest BCUT2D eigenvalue weighted by atomic mass is 9.95. The highest BCUT2D eigenvalue weighted by Crippen LogP contribution is 2.35. The number of hydrogen-bond donors (Lipinski definition) is 1. The molecule has 1 heterocycles. The van der Waals surface area contributed by atoms with Crippen molar-refractivity contribution in [1.29, 1.82) is 0 Å². The van der Waals surface area contributed by atoms with Crippen molar-refractivity contribution in [2.45, 2.75) is 64.1 Å². The average Bonchev–Trinajstić information content (AvgIpc) is 2.92. The number of sulfonamides is 1. The van der Waals surface area contributed by atoms with Crippen LogP contribution in [0.5, 0.6) is 11.5 Å². The number of anilines is 1. The molecule has 0 unspecified atom stereocenters. The smallest absolute Gasteiger partial charge is 0.244 e. The molecular weight excluding hydrogens is 542 g/mol. The van der Waals surface area contributed by atoms with Crippen molar-refractivity contribution in [2.75, 3.05) is 30.3 Å². The highest BCUT2D eigenvalue weighted by molar-refractivity contribution is 7.92. The molecule has 1 fully saturated rings. The average molecular weight is 578 g/mol. The standard InChI is InChI=1S/C28H36ClN3O6S/c1-3-24(28(34)30-21-10-5-4-6-11-21)31(18-20-9-7-8-12-23(20)29)27(33)19-32(39(2,35)36)22-13-14-25-26(17-22)38-16-15-37-25/h7-9,12-14,17,21,24H,3-6,10-11,15-16,18-19H2,1-2H3,(H,30,34)/t24-/m0/s1. The van der Waals surface area contributed by atoms with Gasteiger partial charge in [0.2, 0.25) is 21.8 Å². The molecule has 2 amide bonds. The number of amides is 2. The third kappa shape index (κ3) is 7.36. The van der Waals surface area contributed by atoms with Crippen molar-refractivity contribution >= 4 is 39.1 Å². The summed E-state index contributed by atoms with van der Waals surface area (Å²) < 4.78 is 38.0. The maximum Gasteiger partial charge on any atom is 0.244 e. The van der Waals surface area contributed by atoms with Crippen LogP contribution in [0.15, 0.2) is 42.5 Å². The number of carbonyl (C=O) groups excluding carboxylic acids is 2. The molecule has 1 atom stereocenters. The number of benzene rings is 2. The molecule has 9 nitrogen and oxygen atoms in total. The first kappa shape index (κ1) is 29.0. The number of hydrogen-bond acceptors (Lipinski definition) is 6. The van der Waals surface area contributed by atoms with Crippen molar-refractivity contribution in [3.63, 3.8) is 0 Å². The molecule has 0 radical (unpaired) electrons. The van der Waals surface area contributed by atoms with E-state index in [1.807, 2.05) is 13.0 Å². The summed E-state index contributed by atoms with van der Waals surface area (Å²) in [5.41, 5.74) is 0.939. The second-order valence-electron chi connectivity index (χ2n) is 9.98. The summed E-state index contributed by atoms with van der Waals surface area (Å²) in [7, 11) is -3.87. The maximum absolute atomic E-state index is 13.9. The van der Waals surface area contributed by atoms with Gasteiger partial charge in [-0.3, -0.25) is 13.9 Å². The Bertz CT molecular complexity index is 1280. The molecule has 0 saturated heterocycles. The second-order valence-corrected chi connectivity index (χ2v) is 12.3. The van der Waals surface area contributed by atoms with Gasteiger partial charge in [0.25, 0.3) is 0 Å². The fraction of sp³-hybridized carbons (Fsp3) is 0.500. The van der Waals surface area contributed by atoms with E-state index < -0.39 is 28.5 Å². The third-order valence-electron chi connectivity index (χ3n) is 7.13. The fourth-order valence-corrected chi connectivity index (χ4v) is 6.11. The predicted molar refractivity (Wildman–Crippen MR) is 151 cm³/mol. The first-order valence-corrected chi connectivity index (χ1v) is 15.6. The Labute approximate surface area is 235 Å². The van der Waals surface area contributed by atoms with Crippen LogP contribution < -0.4 is 19.1 Å². The molecule has 2 aromatic carbocycles. The first-order chi connectivity index (χ1) is 18.7. The summed E-state index contributed by atoms with van der Waals surface area (Å²) >= 11 is 6.43. The predicted octanol–water partition coefficient (Wildman–Crippen LogP) is 4.13. The number of ether oxygens (including phenoxy) is 2. The van der Waals surface area contributed by atoms with Gasteiger partial charge in [-0.05, 0) is 43.0 Å². The summed E-state index contributed by atoms with van der Waals surface area (Å²) in [4.78, 5) is 28.8. The number of carbonyl (C=O) groups is 2. The number of nitrogens with one attached hydrogen (secondary N) is 1. The quantitative estimate of drug-likeness (QED) is 0.455. The summed E-state index contributed by atoms with van der Waals surface area (Å²) in [6, 6.07) is 11.1. The zero-order valence-corrected chi connectivity index (χ0v) is 24.0. The third-order valence-corrected chi connectivity index (χ3v) is 8.64. The zero-order chi connectivity index (χ0) is 28.0. The van der Waals surface area contributed by atoms with Gasteiger partial charge in [0.05, 0.1) is 11.9 Å². The van der Waals surface area contributed by atoms with Crippen molar-refractivity contribution in [1.82, 2.24) is 10.2 Å². The van der Waals surface area contributed by atoms with Crippen LogP contribution in [0.3, 0.4) is 0 Å². The molecule has 1 aliphatic heterocycles. The largest absolute Gasteiger partial charge is 0.486 e. The lowest BCUT2D eigenvalue weighted by Gasteiger charge is -2.34. The normalized spacial score (nSPS) is 16.3. The SMILES string of the molecule is CC[C@@H](C(=O)NC1CCCCC1)N(Cc1ccccc1Cl)C(=O)CN(c1ccc2c(c1)OCCO2)S(C)(=O)=O. The highest BCUT2D eigenvalue weighted by Gasteiger charge is 2.33. The monoisotopic (exact) mass is 577 g/mol. The van der Waals surface area contributed by atoms with Crippen LogP contribution in [0.1, 0.15) is 51.0 Å². The van der Waals surface area contributed by atoms with Crippen LogP contribution in [0.4, 0.5) is 5.69 Å². The molecule has 11 heteroatoms. The van der Waals surface area contributed by atoms with Gasteiger partial charge in [0.15, 0.2) is 11.5 Å². The van der Waals surface area contributed by atoms with E-state index in [2.05, 4.69) is 5.32 Å².